The van der Waals surface area contributed by atoms with Crippen LogP contribution in [0.15, 0.2) is 11.6 Å². The number of fused-ring (bicyclic) bond motifs is 1. The molecule has 0 radical (unpaired) electrons. The van der Waals surface area contributed by atoms with Crippen molar-refractivity contribution in [3.05, 3.63) is 33.3 Å². The lowest BCUT2D eigenvalue weighted by Gasteiger charge is -2.32. The third-order valence-electron chi connectivity index (χ3n) is 5.63. The molecule has 0 saturated carbocycles. The first kappa shape index (κ1) is 17.7. The zero-order valence-corrected chi connectivity index (χ0v) is 16.0. The Kier molecular flexibility index (Phi) is 5.09. The first-order chi connectivity index (χ1) is 12.6. The quantitative estimate of drug-likeness (QED) is 0.893. The second kappa shape index (κ2) is 7.48. The lowest BCUT2D eigenvalue weighted by Crippen LogP contribution is -2.39. The molecular weight excluding hydrogens is 348 g/mol. The highest BCUT2D eigenvalue weighted by Crippen LogP contribution is 2.31. The van der Waals surface area contributed by atoms with E-state index < -0.39 is 6.10 Å². The summed E-state index contributed by atoms with van der Waals surface area (Å²) >= 11 is 1.64. The van der Waals surface area contributed by atoms with Crippen LogP contribution in [0.4, 0.5) is 0 Å². The highest BCUT2D eigenvalue weighted by Gasteiger charge is 2.28. The van der Waals surface area contributed by atoms with Crippen molar-refractivity contribution in [2.24, 2.45) is 5.92 Å². The normalized spacial score (nSPS) is 19.4. The highest BCUT2D eigenvalue weighted by atomic mass is 32.1. The van der Waals surface area contributed by atoms with E-state index in [0.29, 0.717) is 11.6 Å². The molecular formula is C19H26N4O2S. The molecule has 7 heteroatoms. The van der Waals surface area contributed by atoms with Crippen LogP contribution in [0.25, 0.3) is 0 Å². The summed E-state index contributed by atoms with van der Waals surface area (Å²) in [5.41, 5.74) is 3.33. The van der Waals surface area contributed by atoms with Crippen LogP contribution in [0.2, 0.25) is 0 Å². The molecule has 1 aliphatic carbocycles. The number of aliphatic hydroxyl groups is 1. The zero-order valence-electron chi connectivity index (χ0n) is 15.2. The number of hydrogen-bond donors (Lipinski definition) is 1. The average Bonchev–Trinajstić information content (AvgIpc) is 3.29. The van der Waals surface area contributed by atoms with E-state index in [1.54, 1.807) is 18.3 Å². The van der Waals surface area contributed by atoms with Gasteiger partial charge in [0, 0.05) is 19.6 Å². The van der Waals surface area contributed by atoms with E-state index in [2.05, 4.69) is 15.7 Å². The summed E-state index contributed by atoms with van der Waals surface area (Å²) in [6.45, 7) is 4.13. The van der Waals surface area contributed by atoms with Gasteiger partial charge in [0.15, 0.2) is 0 Å². The summed E-state index contributed by atoms with van der Waals surface area (Å²) in [4.78, 5) is 16.0. The number of thiophene rings is 1. The van der Waals surface area contributed by atoms with Crippen LogP contribution in [0.3, 0.4) is 0 Å². The van der Waals surface area contributed by atoms with Crippen LogP contribution in [0, 0.1) is 5.92 Å². The van der Waals surface area contributed by atoms with Crippen LogP contribution in [-0.2, 0) is 19.4 Å². The SMILES string of the molecule is C[C@@H](O)c1cn(CC2CCN(C(=O)c3scc4c3CCCC4)CC2)nn1. The molecule has 4 rings (SSSR count). The second-order valence-corrected chi connectivity index (χ2v) is 8.43. The first-order valence-corrected chi connectivity index (χ1v) is 10.5. The standard InChI is InChI=1S/C19H26N4O2S/c1-13(24)17-11-23(21-20-17)10-14-6-8-22(9-7-14)19(25)18-16-5-3-2-4-15(16)12-26-18/h11-14,24H,2-10H2,1H3/t13-/m1/s1. The van der Waals surface area contributed by atoms with Crippen LogP contribution in [-0.4, -0.2) is 44.0 Å². The highest BCUT2D eigenvalue weighted by molar-refractivity contribution is 7.12. The summed E-state index contributed by atoms with van der Waals surface area (Å²) in [5, 5.41) is 19.8. The molecule has 1 amide bonds. The van der Waals surface area contributed by atoms with Crippen molar-refractivity contribution in [1.29, 1.82) is 0 Å². The van der Waals surface area contributed by atoms with Crippen molar-refractivity contribution >= 4 is 17.2 Å². The predicted octanol–water partition coefficient (Wildman–Crippen LogP) is 2.82. The number of amides is 1. The monoisotopic (exact) mass is 374 g/mol. The number of carbonyl (C=O) groups excluding carboxylic acids is 1. The molecule has 3 heterocycles. The Balaban J connectivity index is 1.34. The number of carbonyl (C=O) groups is 1. The fourth-order valence-electron chi connectivity index (χ4n) is 4.02. The van der Waals surface area contributed by atoms with Gasteiger partial charge in [-0.1, -0.05) is 5.21 Å². The van der Waals surface area contributed by atoms with Gasteiger partial charge in [-0.05, 0) is 67.9 Å². The van der Waals surface area contributed by atoms with E-state index in [0.717, 1.165) is 50.2 Å². The molecule has 0 bridgehead atoms. The number of rotatable bonds is 4. The topological polar surface area (TPSA) is 71.2 Å². The number of aryl methyl sites for hydroxylation is 1. The van der Waals surface area contributed by atoms with Gasteiger partial charge in [0.25, 0.3) is 5.91 Å². The minimum Gasteiger partial charge on any atom is -0.387 e. The van der Waals surface area contributed by atoms with E-state index in [1.807, 2.05) is 15.8 Å². The van der Waals surface area contributed by atoms with Crippen molar-refractivity contribution in [3.63, 3.8) is 0 Å². The van der Waals surface area contributed by atoms with Gasteiger partial charge in [-0.25, -0.2) is 0 Å². The summed E-state index contributed by atoms with van der Waals surface area (Å²) in [7, 11) is 0. The molecule has 6 nitrogen and oxygen atoms in total. The molecule has 0 unspecified atom stereocenters. The lowest BCUT2D eigenvalue weighted by atomic mass is 9.93. The van der Waals surface area contributed by atoms with Gasteiger partial charge in [0.2, 0.25) is 0 Å². The molecule has 1 N–H and O–H groups in total. The molecule has 2 aromatic heterocycles. The molecule has 1 saturated heterocycles. The third-order valence-corrected chi connectivity index (χ3v) is 6.69. The van der Waals surface area contributed by atoms with Crippen molar-refractivity contribution < 1.29 is 9.90 Å². The van der Waals surface area contributed by atoms with E-state index in [4.69, 9.17) is 0 Å². The van der Waals surface area contributed by atoms with Gasteiger partial charge >= 0.3 is 0 Å². The molecule has 1 aliphatic heterocycles. The number of hydrogen-bond acceptors (Lipinski definition) is 5. The smallest absolute Gasteiger partial charge is 0.264 e. The van der Waals surface area contributed by atoms with Gasteiger partial charge in [-0.15, -0.1) is 16.4 Å². The van der Waals surface area contributed by atoms with Crippen molar-refractivity contribution in [1.82, 2.24) is 19.9 Å². The summed E-state index contributed by atoms with van der Waals surface area (Å²) in [6.07, 6.45) is 7.87. The second-order valence-electron chi connectivity index (χ2n) is 7.55. The maximum Gasteiger partial charge on any atom is 0.264 e. The minimum absolute atomic E-state index is 0.230. The van der Waals surface area contributed by atoms with Crippen LogP contribution in [0.1, 0.15) is 65.2 Å². The summed E-state index contributed by atoms with van der Waals surface area (Å²) < 4.78 is 1.82. The largest absolute Gasteiger partial charge is 0.387 e. The Hall–Kier alpha value is -1.73. The van der Waals surface area contributed by atoms with E-state index in [1.165, 1.54) is 24.0 Å². The Bertz CT molecular complexity index is 774. The molecule has 2 aromatic rings. The van der Waals surface area contributed by atoms with Crippen LogP contribution in [0.5, 0.6) is 0 Å². The lowest BCUT2D eigenvalue weighted by molar-refractivity contribution is 0.0684. The number of piperidine rings is 1. The average molecular weight is 375 g/mol. The molecule has 0 aromatic carbocycles. The first-order valence-electron chi connectivity index (χ1n) is 9.58. The molecule has 0 spiro atoms. The Morgan fingerprint density at radius 2 is 2.12 bits per heavy atom. The maximum atomic E-state index is 13.0. The summed E-state index contributed by atoms with van der Waals surface area (Å²) in [6, 6.07) is 0. The molecule has 2 aliphatic rings. The Morgan fingerprint density at radius 1 is 1.35 bits per heavy atom. The van der Waals surface area contributed by atoms with Crippen molar-refractivity contribution in [2.45, 2.75) is 58.1 Å². The minimum atomic E-state index is -0.583. The van der Waals surface area contributed by atoms with E-state index >= 15 is 0 Å². The van der Waals surface area contributed by atoms with Gasteiger partial charge in [0.05, 0.1) is 17.2 Å². The predicted molar refractivity (Wildman–Crippen MR) is 100 cm³/mol. The van der Waals surface area contributed by atoms with Crippen LogP contribution >= 0.6 is 11.3 Å². The van der Waals surface area contributed by atoms with Crippen LogP contribution < -0.4 is 0 Å². The van der Waals surface area contributed by atoms with Gasteiger partial charge in [0.1, 0.15) is 5.69 Å². The fourth-order valence-corrected chi connectivity index (χ4v) is 5.15. The molecule has 26 heavy (non-hydrogen) atoms. The number of aliphatic hydroxyl groups excluding tert-OH is 1. The van der Waals surface area contributed by atoms with E-state index in [-0.39, 0.29) is 5.91 Å². The van der Waals surface area contributed by atoms with Crippen molar-refractivity contribution in [3.8, 4) is 0 Å². The van der Waals surface area contributed by atoms with Crippen molar-refractivity contribution in [2.75, 3.05) is 13.1 Å². The zero-order chi connectivity index (χ0) is 18.1. The van der Waals surface area contributed by atoms with E-state index in [9.17, 15) is 9.90 Å². The summed E-state index contributed by atoms with van der Waals surface area (Å²) in [5.74, 6) is 0.730. The van der Waals surface area contributed by atoms with Gasteiger partial charge < -0.3 is 10.0 Å². The van der Waals surface area contributed by atoms with Gasteiger partial charge in [-0.2, -0.15) is 0 Å². The molecule has 1 atom stereocenters. The van der Waals surface area contributed by atoms with Gasteiger partial charge in [-0.3, -0.25) is 9.48 Å². The fraction of sp³-hybridized carbons (Fsp3) is 0.632. The number of nitrogens with zero attached hydrogens (tertiary/aromatic N) is 4. The Labute approximate surface area is 157 Å². The molecule has 140 valence electrons. The third kappa shape index (κ3) is 3.55. The Morgan fingerprint density at radius 3 is 2.85 bits per heavy atom. The number of likely N-dealkylation sites (tertiary alicyclic amines) is 1. The number of aromatic nitrogens is 3. The maximum absolute atomic E-state index is 13.0. The molecule has 1 fully saturated rings.